The van der Waals surface area contributed by atoms with Gasteiger partial charge in [-0.2, -0.15) is 5.10 Å². The van der Waals surface area contributed by atoms with Crippen molar-refractivity contribution >= 4 is 28.1 Å². The van der Waals surface area contributed by atoms with E-state index in [4.69, 9.17) is 4.52 Å². The molecule has 0 aliphatic heterocycles. The molecule has 0 aliphatic carbocycles. The van der Waals surface area contributed by atoms with Crippen molar-refractivity contribution in [3.8, 4) is 11.5 Å². The van der Waals surface area contributed by atoms with E-state index in [1.807, 2.05) is 27.7 Å². The van der Waals surface area contributed by atoms with Crippen LogP contribution in [-0.2, 0) is 12.5 Å². The van der Waals surface area contributed by atoms with Gasteiger partial charge in [0.2, 0.25) is 0 Å². The maximum Gasteiger partial charge on any atom is 0.271 e. The summed E-state index contributed by atoms with van der Waals surface area (Å²) >= 11 is 0. The van der Waals surface area contributed by atoms with Gasteiger partial charge >= 0.3 is 0 Å². The monoisotopic (exact) mass is 460 g/mol. The van der Waals surface area contributed by atoms with Gasteiger partial charge in [0, 0.05) is 18.5 Å². The molecule has 12 nitrogen and oxygen atoms in total. The van der Waals surface area contributed by atoms with E-state index in [2.05, 4.69) is 45.5 Å². The molecule has 174 valence electrons. The van der Waals surface area contributed by atoms with Gasteiger partial charge in [0.1, 0.15) is 29.1 Å². The van der Waals surface area contributed by atoms with Gasteiger partial charge in [0.05, 0.1) is 23.3 Å². The van der Waals surface area contributed by atoms with Crippen LogP contribution in [0.3, 0.4) is 0 Å². The average molecular weight is 461 g/mol. The molecule has 0 aromatic carbocycles. The first-order valence-electron chi connectivity index (χ1n) is 10.8. The van der Waals surface area contributed by atoms with E-state index in [9.17, 15) is 4.79 Å². The first kappa shape index (κ1) is 21.6. The lowest BCUT2D eigenvalue weighted by Gasteiger charge is -2.15. The van der Waals surface area contributed by atoms with E-state index in [-0.39, 0.29) is 17.0 Å². The topological polar surface area (TPSA) is 153 Å². The molecular weight excluding hydrogens is 436 g/mol. The number of hydrogen-bond acceptors (Lipinski definition) is 9. The molecule has 0 fully saturated rings. The number of H-pyrrole nitrogens is 1. The van der Waals surface area contributed by atoms with Crippen molar-refractivity contribution in [3.05, 3.63) is 41.6 Å². The van der Waals surface area contributed by atoms with Gasteiger partial charge in [-0.05, 0) is 13.8 Å². The Morgan fingerprint density at radius 3 is 2.76 bits per heavy atom. The van der Waals surface area contributed by atoms with Crippen LogP contribution in [0.2, 0.25) is 0 Å². The zero-order chi connectivity index (χ0) is 24.2. The minimum absolute atomic E-state index is 0.189. The van der Waals surface area contributed by atoms with Crippen LogP contribution in [0.5, 0.6) is 0 Å². The van der Waals surface area contributed by atoms with Gasteiger partial charge in [-0.25, -0.2) is 24.9 Å². The maximum absolute atomic E-state index is 13.0. The molecule has 0 aliphatic rings. The van der Waals surface area contributed by atoms with Crippen LogP contribution >= 0.6 is 0 Å². The fourth-order valence-corrected chi connectivity index (χ4v) is 3.68. The van der Waals surface area contributed by atoms with E-state index in [1.165, 1.54) is 6.33 Å². The van der Waals surface area contributed by atoms with Crippen LogP contribution in [-0.4, -0.2) is 50.7 Å². The van der Waals surface area contributed by atoms with Crippen LogP contribution in [0.15, 0.2) is 23.1 Å². The lowest BCUT2D eigenvalue weighted by Crippen LogP contribution is -2.27. The molecule has 1 amide bonds. The van der Waals surface area contributed by atoms with Crippen molar-refractivity contribution in [1.82, 2.24) is 50.2 Å². The lowest BCUT2D eigenvalue weighted by molar-refractivity contribution is 0.0930. The standard InChI is InChI=1S/C22H24N10O2/c1-10(26-20(33)16-15-11(2)30-32(6)19(15)25-9-24-16)14-7-12(31-34-14)17-27-13-8-23-21(22(3,4)5)29-18(13)28-17/h7-10H,1-6H3,(H,26,33)(H,23,27,28,29)/t10-/m1/s1. The second-order valence-corrected chi connectivity index (χ2v) is 9.21. The zero-order valence-corrected chi connectivity index (χ0v) is 19.7. The van der Waals surface area contributed by atoms with Crippen molar-refractivity contribution in [2.24, 2.45) is 7.05 Å². The Balaban J connectivity index is 1.38. The first-order chi connectivity index (χ1) is 16.1. The summed E-state index contributed by atoms with van der Waals surface area (Å²) in [4.78, 5) is 38.1. The molecule has 34 heavy (non-hydrogen) atoms. The summed E-state index contributed by atoms with van der Waals surface area (Å²) in [5, 5.41) is 12.0. The molecule has 5 aromatic rings. The average Bonchev–Trinajstić information content (AvgIpc) is 3.50. The van der Waals surface area contributed by atoms with Crippen LogP contribution in [0.25, 0.3) is 33.7 Å². The number of nitrogens with zero attached hydrogens (tertiary/aromatic N) is 8. The number of carbonyl (C=O) groups excluding carboxylic acids is 1. The number of fused-ring (bicyclic) bond motifs is 2. The fraction of sp³-hybridized carbons (Fsp3) is 0.364. The fourth-order valence-electron chi connectivity index (χ4n) is 3.68. The highest BCUT2D eigenvalue weighted by Gasteiger charge is 2.23. The predicted octanol–water partition coefficient (Wildman–Crippen LogP) is 2.78. The normalized spacial score (nSPS) is 13.0. The van der Waals surface area contributed by atoms with Crippen LogP contribution in [0.4, 0.5) is 0 Å². The first-order valence-corrected chi connectivity index (χ1v) is 10.8. The van der Waals surface area contributed by atoms with E-state index >= 15 is 0 Å². The molecule has 0 spiro atoms. The summed E-state index contributed by atoms with van der Waals surface area (Å²) in [6, 6.07) is 1.26. The number of imidazole rings is 1. The zero-order valence-electron chi connectivity index (χ0n) is 19.7. The molecule has 12 heteroatoms. The predicted molar refractivity (Wildman–Crippen MR) is 123 cm³/mol. The Hall–Kier alpha value is -4.22. The Kier molecular flexibility index (Phi) is 4.88. The Morgan fingerprint density at radius 1 is 1.21 bits per heavy atom. The van der Waals surface area contributed by atoms with Crippen LogP contribution < -0.4 is 5.32 Å². The van der Waals surface area contributed by atoms with Gasteiger partial charge in [-0.15, -0.1) is 0 Å². The van der Waals surface area contributed by atoms with Crippen molar-refractivity contribution in [1.29, 1.82) is 0 Å². The Labute approximate surface area is 194 Å². The second-order valence-electron chi connectivity index (χ2n) is 9.21. The quantitative estimate of drug-likeness (QED) is 0.412. The number of rotatable bonds is 4. The largest absolute Gasteiger partial charge is 0.358 e. The molecule has 0 bridgehead atoms. The van der Waals surface area contributed by atoms with Gasteiger partial charge in [-0.3, -0.25) is 9.48 Å². The van der Waals surface area contributed by atoms with E-state index in [0.717, 1.165) is 0 Å². The summed E-state index contributed by atoms with van der Waals surface area (Å²) < 4.78 is 7.12. The van der Waals surface area contributed by atoms with Crippen molar-refractivity contribution in [2.75, 3.05) is 0 Å². The Morgan fingerprint density at radius 2 is 2.00 bits per heavy atom. The highest BCUT2D eigenvalue weighted by molar-refractivity contribution is 6.04. The third kappa shape index (κ3) is 3.66. The molecule has 5 heterocycles. The molecule has 2 N–H and O–H groups in total. The molecule has 5 aromatic heterocycles. The highest BCUT2D eigenvalue weighted by atomic mass is 16.5. The van der Waals surface area contributed by atoms with Gasteiger partial charge in [0.15, 0.2) is 22.9 Å². The maximum atomic E-state index is 13.0. The number of aromatic amines is 1. The van der Waals surface area contributed by atoms with Crippen LogP contribution in [0.1, 0.15) is 61.5 Å². The molecule has 0 unspecified atom stereocenters. The molecule has 1 atom stereocenters. The Bertz CT molecular complexity index is 1540. The van der Waals surface area contributed by atoms with Crippen molar-refractivity contribution in [2.45, 2.75) is 46.1 Å². The third-order valence-electron chi connectivity index (χ3n) is 5.47. The summed E-state index contributed by atoms with van der Waals surface area (Å²) in [6.07, 6.45) is 3.07. The molecule has 5 rings (SSSR count). The van der Waals surface area contributed by atoms with E-state index in [0.29, 0.717) is 51.0 Å². The van der Waals surface area contributed by atoms with Crippen molar-refractivity contribution in [3.63, 3.8) is 0 Å². The lowest BCUT2D eigenvalue weighted by atomic mass is 9.96. The number of aryl methyl sites for hydroxylation is 2. The highest BCUT2D eigenvalue weighted by Crippen LogP contribution is 2.25. The summed E-state index contributed by atoms with van der Waals surface area (Å²) in [5.41, 5.74) is 3.10. The SMILES string of the molecule is Cc1nn(C)c2ncnc(C(=O)N[C@H](C)c3cc(-c4nc5nc(C(C)(C)C)ncc5[nH]4)no3)c12. The van der Waals surface area contributed by atoms with Gasteiger partial charge < -0.3 is 14.8 Å². The second kappa shape index (κ2) is 7.68. The molecular formula is C22H24N10O2. The van der Waals surface area contributed by atoms with Gasteiger partial charge in [0.25, 0.3) is 5.91 Å². The number of hydrogen-bond donors (Lipinski definition) is 2. The number of nitrogens with one attached hydrogen (secondary N) is 2. The summed E-state index contributed by atoms with van der Waals surface area (Å²) in [6.45, 7) is 9.75. The summed E-state index contributed by atoms with van der Waals surface area (Å²) in [5.74, 6) is 1.33. The van der Waals surface area contributed by atoms with E-state index in [1.54, 1.807) is 30.9 Å². The number of carbonyl (C=O) groups is 1. The minimum atomic E-state index is -0.465. The number of aromatic nitrogens is 9. The van der Waals surface area contributed by atoms with E-state index < -0.39 is 6.04 Å². The van der Waals surface area contributed by atoms with Gasteiger partial charge in [-0.1, -0.05) is 25.9 Å². The number of amides is 1. The molecule has 0 radical (unpaired) electrons. The third-order valence-corrected chi connectivity index (χ3v) is 5.47. The smallest absolute Gasteiger partial charge is 0.271 e. The molecule has 0 saturated heterocycles. The molecule has 0 saturated carbocycles. The van der Waals surface area contributed by atoms with Crippen LogP contribution in [0, 0.1) is 6.92 Å². The minimum Gasteiger partial charge on any atom is -0.358 e. The van der Waals surface area contributed by atoms with Crippen molar-refractivity contribution < 1.29 is 9.32 Å². The summed E-state index contributed by atoms with van der Waals surface area (Å²) in [7, 11) is 1.77.